The van der Waals surface area contributed by atoms with Crippen LogP contribution in [0.4, 0.5) is 17.1 Å². The lowest BCUT2D eigenvalue weighted by molar-refractivity contribution is 0.660. The minimum Gasteiger partial charge on any atom is -0.310 e. The van der Waals surface area contributed by atoms with Crippen LogP contribution in [0, 0.1) is 0 Å². The van der Waals surface area contributed by atoms with E-state index in [1.165, 1.54) is 94.3 Å². The molecule has 10 aromatic rings. The molecule has 1 aromatic heterocycles. The number of hydrogen-bond acceptors (Lipinski definition) is 1. The summed E-state index contributed by atoms with van der Waals surface area (Å²) in [6, 6.07) is 76.5. The molecule has 0 spiro atoms. The van der Waals surface area contributed by atoms with Gasteiger partial charge in [-0.3, -0.25) is 0 Å². The van der Waals surface area contributed by atoms with Crippen LogP contribution < -0.4 is 4.90 Å². The SMILES string of the molecule is CC1(C)c2ccccc2-c2ccc(-c3cccc(N(c4ccc(-c5cccc6c7ccccc7n(-c7ccccc7)c56)cc4)c4cccc5c4-c4ccccc4C5(C)C)c3)cc21. The van der Waals surface area contributed by atoms with Crippen LogP contribution in [0.25, 0.3) is 72.0 Å². The molecule has 296 valence electrons. The zero-order valence-corrected chi connectivity index (χ0v) is 35.5. The van der Waals surface area contributed by atoms with Crippen LogP contribution >= 0.6 is 0 Å². The zero-order chi connectivity index (χ0) is 41.7. The standard InChI is InChI=1S/C60H46N2/c1-59(2)52-27-12-9-23-50(52)57-53(59)28-16-30-56(57)61(44-20-14-17-40(37-44)41-33-36-47-46-21-8-11-26-51(46)60(3,4)54(47)38-41)43-34-31-39(32-35-43)45-24-15-25-49-48-22-10-13-29-55(48)62(58(45)49)42-18-6-5-7-19-42/h5-38H,1-4H3. The van der Waals surface area contributed by atoms with Crippen LogP contribution in [-0.2, 0) is 10.8 Å². The van der Waals surface area contributed by atoms with E-state index in [2.05, 4.69) is 243 Å². The fraction of sp³-hybridized carbons (Fsp3) is 0.100. The Kier molecular flexibility index (Phi) is 7.96. The number of benzene rings is 9. The van der Waals surface area contributed by atoms with Crippen LogP contribution in [-0.4, -0.2) is 4.57 Å². The van der Waals surface area contributed by atoms with E-state index in [1.807, 2.05) is 0 Å². The second kappa shape index (κ2) is 13.5. The molecule has 0 N–H and O–H groups in total. The Balaban J connectivity index is 1.03. The molecule has 2 nitrogen and oxygen atoms in total. The number of nitrogens with zero attached hydrogens (tertiary/aromatic N) is 2. The van der Waals surface area contributed by atoms with Crippen molar-refractivity contribution in [2.75, 3.05) is 4.90 Å². The highest BCUT2D eigenvalue weighted by Crippen LogP contribution is 2.55. The third-order valence-electron chi connectivity index (χ3n) is 14.0. The van der Waals surface area contributed by atoms with E-state index in [0.29, 0.717) is 0 Å². The van der Waals surface area contributed by atoms with Gasteiger partial charge in [0.25, 0.3) is 0 Å². The molecule has 9 aromatic carbocycles. The molecule has 0 unspecified atom stereocenters. The van der Waals surface area contributed by atoms with Crippen LogP contribution in [0.15, 0.2) is 206 Å². The quantitative estimate of drug-likeness (QED) is 0.163. The van der Waals surface area contributed by atoms with Crippen molar-refractivity contribution in [3.63, 3.8) is 0 Å². The Bertz CT molecular complexity index is 3400. The van der Waals surface area contributed by atoms with E-state index in [9.17, 15) is 0 Å². The Morgan fingerprint density at radius 3 is 1.77 bits per heavy atom. The predicted molar refractivity (Wildman–Crippen MR) is 261 cm³/mol. The van der Waals surface area contributed by atoms with E-state index in [-0.39, 0.29) is 10.8 Å². The molecule has 0 radical (unpaired) electrons. The summed E-state index contributed by atoms with van der Waals surface area (Å²) in [4.78, 5) is 2.49. The Morgan fingerprint density at radius 2 is 0.952 bits per heavy atom. The maximum atomic E-state index is 2.49. The van der Waals surface area contributed by atoms with E-state index < -0.39 is 0 Å². The minimum atomic E-state index is -0.121. The molecule has 2 aliphatic carbocycles. The topological polar surface area (TPSA) is 8.17 Å². The molecule has 1 heterocycles. The van der Waals surface area contributed by atoms with Gasteiger partial charge < -0.3 is 9.47 Å². The summed E-state index contributed by atoms with van der Waals surface area (Å²) in [7, 11) is 0. The average molecular weight is 795 g/mol. The summed E-state index contributed by atoms with van der Waals surface area (Å²) in [5, 5.41) is 2.51. The summed E-state index contributed by atoms with van der Waals surface area (Å²) >= 11 is 0. The van der Waals surface area contributed by atoms with Gasteiger partial charge in [-0.25, -0.2) is 0 Å². The van der Waals surface area contributed by atoms with Crippen LogP contribution in [0.1, 0.15) is 49.9 Å². The van der Waals surface area contributed by atoms with Crippen molar-refractivity contribution in [3.8, 4) is 50.2 Å². The van der Waals surface area contributed by atoms with Gasteiger partial charge in [0.05, 0.1) is 16.7 Å². The lowest BCUT2D eigenvalue weighted by atomic mass is 9.81. The lowest BCUT2D eigenvalue weighted by Crippen LogP contribution is -2.16. The normalized spacial score (nSPS) is 14.1. The first kappa shape index (κ1) is 36.4. The van der Waals surface area contributed by atoms with Crippen molar-refractivity contribution in [1.29, 1.82) is 0 Å². The predicted octanol–water partition coefficient (Wildman–Crippen LogP) is 16.2. The lowest BCUT2D eigenvalue weighted by Gasteiger charge is -2.29. The highest BCUT2D eigenvalue weighted by Gasteiger charge is 2.38. The average Bonchev–Trinajstić information content (AvgIpc) is 3.87. The molecule has 0 aliphatic heterocycles. The molecular weight excluding hydrogens is 749 g/mol. The first-order valence-electron chi connectivity index (χ1n) is 21.9. The molecular formula is C60H46N2. The number of rotatable bonds is 6. The van der Waals surface area contributed by atoms with E-state index in [0.717, 1.165) is 17.1 Å². The molecule has 0 fully saturated rings. The number of fused-ring (bicyclic) bond motifs is 9. The zero-order valence-electron chi connectivity index (χ0n) is 35.5. The van der Waals surface area contributed by atoms with Crippen LogP contribution in [0.3, 0.4) is 0 Å². The largest absolute Gasteiger partial charge is 0.310 e. The van der Waals surface area contributed by atoms with Crippen molar-refractivity contribution in [3.05, 3.63) is 229 Å². The van der Waals surface area contributed by atoms with Crippen LogP contribution in [0.2, 0.25) is 0 Å². The van der Waals surface area contributed by atoms with Crippen molar-refractivity contribution in [2.24, 2.45) is 0 Å². The van der Waals surface area contributed by atoms with E-state index in [4.69, 9.17) is 0 Å². The summed E-state index contributed by atoms with van der Waals surface area (Å²) < 4.78 is 2.43. The molecule has 2 aliphatic rings. The molecule has 12 rings (SSSR count). The van der Waals surface area contributed by atoms with Crippen molar-refractivity contribution in [1.82, 2.24) is 4.57 Å². The Hall–Kier alpha value is -7.42. The first-order valence-corrected chi connectivity index (χ1v) is 21.9. The van der Waals surface area contributed by atoms with Gasteiger partial charge in [0.2, 0.25) is 0 Å². The van der Waals surface area contributed by atoms with Crippen molar-refractivity contribution in [2.45, 2.75) is 38.5 Å². The molecule has 0 saturated heterocycles. The minimum absolute atomic E-state index is 0.0715. The second-order valence-electron chi connectivity index (χ2n) is 18.1. The molecule has 0 atom stereocenters. The highest BCUT2D eigenvalue weighted by molar-refractivity contribution is 6.14. The summed E-state index contributed by atoms with van der Waals surface area (Å²) in [5.41, 5.74) is 22.4. The fourth-order valence-electron chi connectivity index (χ4n) is 10.9. The van der Waals surface area contributed by atoms with Crippen LogP contribution in [0.5, 0.6) is 0 Å². The van der Waals surface area contributed by atoms with Gasteiger partial charge in [0.1, 0.15) is 0 Å². The summed E-state index contributed by atoms with van der Waals surface area (Å²) in [6.45, 7) is 9.45. The van der Waals surface area contributed by atoms with Crippen molar-refractivity contribution < 1.29 is 0 Å². The number of para-hydroxylation sites is 3. The van der Waals surface area contributed by atoms with Gasteiger partial charge in [0.15, 0.2) is 0 Å². The highest BCUT2D eigenvalue weighted by atomic mass is 15.1. The third-order valence-corrected chi connectivity index (χ3v) is 14.0. The summed E-state index contributed by atoms with van der Waals surface area (Å²) in [5.74, 6) is 0. The maximum Gasteiger partial charge on any atom is 0.0619 e. The summed E-state index contributed by atoms with van der Waals surface area (Å²) in [6.07, 6.45) is 0. The third kappa shape index (κ3) is 5.29. The van der Waals surface area contributed by atoms with Gasteiger partial charge >= 0.3 is 0 Å². The van der Waals surface area contributed by atoms with Gasteiger partial charge in [0, 0.05) is 49.8 Å². The number of anilines is 3. The van der Waals surface area contributed by atoms with Crippen molar-refractivity contribution >= 4 is 38.9 Å². The number of aromatic nitrogens is 1. The molecule has 0 bridgehead atoms. The Morgan fingerprint density at radius 1 is 0.371 bits per heavy atom. The molecule has 62 heavy (non-hydrogen) atoms. The molecule has 0 saturated carbocycles. The second-order valence-corrected chi connectivity index (χ2v) is 18.1. The first-order chi connectivity index (χ1) is 30.3. The van der Waals surface area contributed by atoms with Gasteiger partial charge in [-0.1, -0.05) is 179 Å². The smallest absolute Gasteiger partial charge is 0.0619 e. The monoisotopic (exact) mass is 794 g/mol. The van der Waals surface area contributed by atoms with E-state index >= 15 is 0 Å². The fourth-order valence-corrected chi connectivity index (χ4v) is 10.9. The number of hydrogen-bond donors (Lipinski definition) is 0. The Labute approximate surface area is 364 Å². The van der Waals surface area contributed by atoms with E-state index in [1.54, 1.807) is 0 Å². The molecule has 2 heteroatoms. The van der Waals surface area contributed by atoms with Gasteiger partial charge in [-0.15, -0.1) is 0 Å². The van der Waals surface area contributed by atoms with Gasteiger partial charge in [-0.05, 0) is 110 Å². The maximum absolute atomic E-state index is 2.49. The van der Waals surface area contributed by atoms with Gasteiger partial charge in [-0.2, -0.15) is 0 Å². The molecule has 0 amide bonds.